The molecule has 1 saturated heterocycles. The third-order valence-electron chi connectivity index (χ3n) is 6.43. The Morgan fingerprint density at radius 3 is 2.52 bits per heavy atom. The van der Waals surface area contributed by atoms with Gasteiger partial charge < -0.3 is 19.8 Å². The highest BCUT2D eigenvalue weighted by atomic mass is 19.1. The van der Waals surface area contributed by atoms with Gasteiger partial charge in [0.1, 0.15) is 29.9 Å². The van der Waals surface area contributed by atoms with E-state index in [1.54, 1.807) is 30.5 Å². The monoisotopic (exact) mass is 450 g/mol. The van der Waals surface area contributed by atoms with Crippen LogP contribution in [-0.4, -0.2) is 52.4 Å². The summed E-state index contributed by atoms with van der Waals surface area (Å²) in [5, 5.41) is 22.3. The standard InChI is InChI=1S/C27H31FN2O3/c1-20-8-10-25(11-9-20)33-19-24(31)18-30-15-12-21(13-16-30)27(32,26-7-2-3-14-29-26)22-5-4-6-23(28)17-22/h2-11,14,17,21,24,31-32H,12-13,15-16,18-19H2,1H3. The number of likely N-dealkylation sites (tertiary alicyclic amines) is 1. The average Bonchev–Trinajstić information content (AvgIpc) is 2.84. The van der Waals surface area contributed by atoms with Gasteiger partial charge in [0, 0.05) is 18.7 Å². The van der Waals surface area contributed by atoms with Crippen molar-refractivity contribution < 1.29 is 19.3 Å². The average molecular weight is 451 g/mol. The summed E-state index contributed by atoms with van der Waals surface area (Å²) in [5.41, 5.74) is 0.837. The van der Waals surface area contributed by atoms with Crippen molar-refractivity contribution in [3.05, 3.63) is 95.6 Å². The van der Waals surface area contributed by atoms with Crippen LogP contribution in [0.15, 0.2) is 72.9 Å². The van der Waals surface area contributed by atoms with Crippen molar-refractivity contribution in [2.24, 2.45) is 5.92 Å². The van der Waals surface area contributed by atoms with Crippen LogP contribution in [0.2, 0.25) is 0 Å². The summed E-state index contributed by atoms with van der Waals surface area (Å²) < 4.78 is 19.7. The topological polar surface area (TPSA) is 65.8 Å². The summed E-state index contributed by atoms with van der Waals surface area (Å²) in [6, 6.07) is 19.4. The van der Waals surface area contributed by atoms with E-state index >= 15 is 0 Å². The lowest BCUT2D eigenvalue weighted by atomic mass is 9.74. The molecule has 2 unspecified atom stereocenters. The molecule has 0 spiro atoms. The number of hydrogen-bond acceptors (Lipinski definition) is 5. The van der Waals surface area contributed by atoms with Crippen molar-refractivity contribution in [1.29, 1.82) is 0 Å². The Bertz CT molecular complexity index is 1020. The number of β-amino-alcohol motifs (C(OH)–C–C–N with tert-alkyl or cyclic N) is 1. The first-order valence-electron chi connectivity index (χ1n) is 11.4. The van der Waals surface area contributed by atoms with E-state index < -0.39 is 11.7 Å². The van der Waals surface area contributed by atoms with Gasteiger partial charge >= 0.3 is 0 Å². The third-order valence-corrected chi connectivity index (χ3v) is 6.43. The molecule has 0 bridgehead atoms. The van der Waals surface area contributed by atoms with Crippen LogP contribution in [0, 0.1) is 18.7 Å². The van der Waals surface area contributed by atoms with E-state index in [1.807, 2.05) is 37.3 Å². The Morgan fingerprint density at radius 1 is 1.09 bits per heavy atom. The van der Waals surface area contributed by atoms with Gasteiger partial charge in [-0.1, -0.05) is 35.9 Å². The first-order valence-corrected chi connectivity index (χ1v) is 11.4. The number of piperidine rings is 1. The van der Waals surface area contributed by atoms with Crippen LogP contribution < -0.4 is 4.74 Å². The zero-order valence-corrected chi connectivity index (χ0v) is 18.9. The fourth-order valence-electron chi connectivity index (χ4n) is 4.62. The SMILES string of the molecule is Cc1ccc(OCC(O)CN2CCC(C(O)(c3cccc(F)c3)c3ccccn3)CC2)cc1. The fraction of sp³-hybridized carbons (Fsp3) is 0.370. The molecule has 1 aromatic heterocycles. The molecule has 174 valence electrons. The van der Waals surface area contributed by atoms with Crippen molar-refractivity contribution in [1.82, 2.24) is 9.88 Å². The predicted octanol–water partition coefficient (Wildman–Crippen LogP) is 3.92. The molecule has 3 aromatic rings. The van der Waals surface area contributed by atoms with Crippen LogP contribution in [0.1, 0.15) is 29.7 Å². The number of pyridine rings is 1. The molecule has 2 atom stereocenters. The Hall–Kier alpha value is -2.80. The van der Waals surface area contributed by atoms with Gasteiger partial charge in [0.05, 0.1) is 5.69 Å². The number of halogens is 1. The van der Waals surface area contributed by atoms with Crippen molar-refractivity contribution in [3.63, 3.8) is 0 Å². The molecule has 0 aliphatic carbocycles. The lowest BCUT2D eigenvalue weighted by molar-refractivity contribution is -0.0252. The Morgan fingerprint density at radius 2 is 1.85 bits per heavy atom. The normalized spacial score (nSPS) is 17.9. The Labute approximate surface area is 194 Å². The molecule has 6 heteroatoms. The minimum Gasteiger partial charge on any atom is -0.491 e. The zero-order valence-electron chi connectivity index (χ0n) is 18.9. The lowest BCUT2D eigenvalue weighted by Crippen LogP contribution is -2.46. The molecule has 2 N–H and O–H groups in total. The van der Waals surface area contributed by atoms with Gasteiger partial charge in [-0.15, -0.1) is 0 Å². The highest BCUT2D eigenvalue weighted by Gasteiger charge is 2.43. The van der Waals surface area contributed by atoms with E-state index in [-0.39, 0.29) is 18.3 Å². The minimum absolute atomic E-state index is 0.119. The van der Waals surface area contributed by atoms with Gasteiger partial charge in [0.2, 0.25) is 0 Å². The predicted molar refractivity (Wildman–Crippen MR) is 125 cm³/mol. The summed E-state index contributed by atoms with van der Waals surface area (Å²) in [5.74, 6) is 0.247. The van der Waals surface area contributed by atoms with Gasteiger partial charge in [-0.05, 0) is 74.8 Å². The molecular formula is C27H31FN2O3. The summed E-state index contributed by atoms with van der Waals surface area (Å²) in [6.45, 7) is 4.18. The summed E-state index contributed by atoms with van der Waals surface area (Å²) in [7, 11) is 0. The number of benzene rings is 2. The van der Waals surface area contributed by atoms with Gasteiger partial charge in [-0.3, -0.25) is 4.98 Å². The molecule has 4 rings (SSSR count). The van der Waals surface area contributed by atoms with E-state index in [4.69, 9.17) is 4.74 Å². The number of ether oxygens (including phenoxy) is 1. The van der Waals surface area contributed by atoms with E-state index in [0.29, 0.717) is 30.6 Å². The van der Waals surface area contributed by atoms with Crippen LogP contribution in [-0.2, 0) is 5.60 Å². The lowest BCUT2D eigenvalue weighted by Gasteiger charge is -2.42. The summed E-state index contributed by atoms with van der Waals surface area (Å²) in [4.78, 5) is 6.60. The second-order valence-electron chi connectivity index (χ2n) is 8.84. The highest BCUT2D eigenvalue weighted by molar-refractivity contribution is 5.34. The largest absolute Gasteiger partial charge is 0.491 e. The number of nitrogens with zero attached hydrogens (tertiary/aromatic N) is 2. The van der Waals surface area contributed by atoms with Gasteiger partial charge in [0.25, 0.3) is 0 Å². The summed E-state index contributed by atoms with van der Waals surface area (Å²) >= 11 is 0. The minimum atomic E-state index is -1.37. The molecule has 1 aliphatic heterocycles. The van der Waals surface area contributed by atoms with Crippen LogP contribution in [0.5, 0.6) is 5.75 Å². The number of hydrogen-bond donors (Lipinski definition) is 2. The van der Waals surface area contributed by atoms with Gasteiger partial charge in [-0.2, -0.15) is 0 Å². The van der Waals surface area contributed by atoms with E-state index in [2.05, 4.69) is 9.88 Å². The van der Waals surface area contributed by atoms with Crippen LogP contribution in [0.3, 0.4) is 0 Å². The molecule has 5 nitrogen and oxygen atoms in total. The summed E-state index contributed by atoms with van der Waals surface area (Å²) in [6.07, 6.45) is 2.45. The van der Waals surface area contributed by atoms with Gasteiger partial charge in [0.15, 0.2) is 0 Å². The van der Waals surface area contributed by atoms with Crippen molar-refractivity contribution in [2.45, 2.75) is 31.5 Å². The maximum absolute atomic E-state index is 14.0. The zero-order chi connectivity index (χ0) is 23.3. The molecule has 0 saturated carbocycles. The van der Waals surface area contributed by atoms with Crippen molar-refractivity contribution in [3.8, 4) is 5.75 Å². The van der Waals surface area contributed by atoms with Crippen molar-refractivity contribution in [2.75, 3.05) is 26.2 Å². The first-order chi connectivity index (χ1) is 15.9. The number of aryl methyl sites for hydroxylation is 1. The molecule has 1 aliphatic rings. The number of aliphatic hydroxyl groups excluding tert-OH is 1. The van der Waals surface area contributed by atoms with E-state index in [1.165, 1.54) is 12.1 Å². The maximum atomic E-state index is 14.0. The third kappa shape index (κ3) is 5.58. The van der Waals surface area contributed by atoms with Crippen molar-refractivity contribution >= 4 is 0 Å². The van der Waals surface area contributed by atoms with E-state index in [9.17, 15) is 14.6 Å². The molecule has 2 aromatic carbocycles. The second kappa shape index (κ2) is 10.4. The second-order valence-corrected chi connectivity index (χ2v) is 8.84. The molecule has 33 heavy (non-hydrogen) atoms. The Kier molecular flexibility index (Phi) is 7.38. The van der Waals surface area contributed by atoms with Crippen LogP contribution in [0.4, 0.5) is 4.39 Å². The molecule has 0 radical (unpaired) electrons. The molecule has 0 amide bonds. The Balaban J connectivity index is 1.39. The maximum Gasteiger partial charge on any atom is 0.134 e. The molecule has 2 heterocycles. The smallest absolute Gasteiger partial charge is 0.134 e. The quantitative estimate of drug-likeness (QED) is 0.545. The van der Waals surface area contributed by atoms with E-state index in [0.717, 1.165) is 24.4 Å². The fourth-order valence-corrected chi connectivity index (χ4v) is 4.62. The molecular weight excluding hydrogens is 419 g/mol. The van der Waals surface area contributed by atoms with Gasteiger partial charge in [-0.25, -0.2) is 4.39 Å². The van der Waals surface area contributed by atoms with Crippen LogP contribution >= 0.6 is 0 Å². The number of aromatic nitrogens is 1. The first kappa shape index (κ1) is 23.4. The molecule has 1 fully saturated rings. The van der Waals surface area contributed by atoms with Crippen LogP contribution in [0.25, 0.3) is 0 Å². The highest BCUT2D eigenvalue weighted by Crippen LogP contribution is 2.41. The number of rotatable bonds is 8. The number of aliphatic hydroxyl groups is 2.